The van der Waals surface area contributed by atoms with E-state index in [9.17, 15) is 9.59 Å². The van der Waals surface area contributed by atoms with Gasteiger partial charge in [0.05, 0.1) is 12.0 Å². The minimum absolute atomic E-state index is 0.140. The van der Waals surface area contributed by atoms with E-state index in [4.69, 9.17) is 4.74 Å². The maximum absolute atomic E-state index is 12.7. The zero-order valence-electron chi connectivity index (χ0n) is 16.6. The summed E-state index contributed by atoms with van der Waals surface area (Å²) in [6, 6.07) is 8.23. The minimum atomic E-state index is -0.553. The van der Waals surface area contributed by atoms with E-state index in [2.05, 4.69) is 17.1 Å². The highest BCUT2D eigenvalue weighted by atomic mass is 16.5. The third-order valence-corrected chi connectivity index (χ3v) is 5.95. The Hall–Kier alpha value is -2.30. The van der Waals surface area contributed by atoms with Crippen molar-refractivity contribution in [1.82, 2.24) is 9.88 Å². The number of nitrogens with zero attached hydrogens (tertiary/aromatic N) is 1. The summed E-state index contributed by atoms with van der Waals surface area (Å²) in [5.74, 6) is 0.135. The molecule has 27 heavy (non-hydrogen) atoms. The minimum Gasteiger partial charge on any atom is -0.466 e. The first-order valence-electron chi connectivity index (χ1n) is 9.98. The van der Waals surface area contributed by atoms with Gasteiger partial charge >= 0.3 is 5.97 Å². The van der Waals surface area contributed by atoms with Crippen molar-refractivity contribution < 1.29 is 14.3 Å². The standard InChI is InChI=1S/C22H30N2O3/c1-4-27-21(26)22(16(2)3)12-13-24(15-22)20(25)11-7-8-17-14-23-19-10-6-5-9-18(17)19/h5-6,9-10,14,16,23H,4,7-8,11-13,15H2,1-3H3. The lowest BCUT2D eigenvalue weighted by Gasteiger charge is -2.30. The number of para-hydroxylation sites is 1. The van der Waals surface area contributed by atoms with Crippen molar-refractivity contribution in [2.75, 3.05) is 19.7 Å². The fourth-order valence-corrected chi connectivity index (χ4v) is 4.12. The van der Waals surface area contributed by atoms with Gasteiger partial charge in [-0.25, -0.2) is 0 Å². The summed E-state index contributed by atoms with van der Waals surface area (Å²) in [5.41, 5.74) is 1.83. The number of aromatic nitrogens is 1. The van der Waals surface area contributed by atoms with Crippen molar-refractivity contribution in [3.05, 3.63) is 36.0 Å². The normalized spacial score (nSPS) is 19.8. The Morgan fingerprint density at radius 2 is 2.07 bits per heavy atom. The molecule has 1 atom stereocenters. The van der Waals surface area contributed by atoms with Gasteiger partial charge in [-0.1, -0.05) is 32.0 Å². The topological polar surface area (TPSA) is 62.4 Å². The highest BCUT2D eigenvalue weighted by Gasteiger charge is 2.49. The number of hydrogen-bond acceptors (Lipinski definition) is 3. The monoisotopic (exact) mass is 370 g/mol. The number of aromatic amines is 1. The van der Waals surface area contributed by atoms with Crippen LogP contribution in [0.15, 0.2) is 30.5 Å². The second-order valence-electron chi connectivity index (χ2n) is 7.81. The lowest BCUT2D eigenvalue weighted by Crippen LogP contribution is -2.41. The predicted octanol–water partition coefficient (Wildman–Crippen LogP) is 3.93. The maximum atomic E-state index is 12.7. The number of nitrogens with one attached hydrogen (secondary N) is 1. The second kappa shape index (κ2) is 8.15. The molecule has 0 bridgehead atoms. The number of carbonyl (C=O) groups is 2. The number of H-pyrrole nitrogens is 1. The molecule has 0 saturated carbocycles. The van der Waals surface area contributed by atoms with E-state index in [1.807, 2.05) is 44.0 Å². The molecule has 0 spiro atoms. The van der Waals surface area contributed by atoms with Gasteiger partial charge in [-0.15, -0.1) is 0 Å². The number of ether oxygens (including phenoxy) is 1. The van der Waals surface area contributed by atoms with Gasteiger partial charge < -0.3 is 14.6 Å². The van der Waals surface area contributed by atoms with Crippen molar-refractivity contribution in [1.29, 1.82) is 0 Å². The van der Waals surface area contributed by atoms with Crippen molar-refractivity contribution in [3.63, 3.8) is 0 Å². The molecule has 5 nitrogen and oxygen atoms in total. The molecule has 1 unspecified atom stereocenters. The molecule has 1 N–H and O–H groups in total. The number of fused-ring (bicyclic) bond motifs is 1. The molecule has 1 aliphatic heterocycles. The van der Waals surface area contributed by atoms with Crippen LogP contribution in [0.5, 0.6) is 0 Å². The van der Waals surface area contributed by atoms with Gasteiger partial charge in [0.2, 0.25) is 5.91 Å². The quantitative estimate of drug-likeness (QED) is 0.751. The number of esters is 1. The van der Waals surface area contributed by atoms with Crippen LogP contribution in [-0.2, 0) is 20.7 Å². The number of aryl methyl sites for hydroxylation is 1. The van der Waals surface area contributed by atoms with Gasteiger partial charge in [0.15, 0.2) is 0 Å². The smallest absolute Gasteiger partial charge is 0.314 e. The summed E-state index contributed by atoms with van der Waals surface area (Å²) in [6.07, 6.45) is 4.92. The highest BCUT2D eigenvalue weighted by Crippen LogP contribution is 2.39. The largest absolute Gasteiger partial charge is 0.466 e. The Labute approximate surface area is 161 Å². The first-order chi connectivity index (χ1) is 13.0. The highest BCUT2D eigenvalue weighted by molar-refractivity contribution is 5.83. The molecule has 1 aliphatic rings. The Balaban J connectivity index is 1.56. The van der Waals surface area contributed by atoms with E-state index < -0.39 is 5.41 Å². The summed E-state index contributed by atoms with van der Waals surface area (Å²) in [5, 5.41) is 1.23. The third kappa shape index (κ3) is 3.87. The molecule has 0 aliphatic carbocycles. The molecule has 146 valence electrons. The summed E-state index contributed by atoms with van der Waals surface area (Å²) < 4.78 is 5.31. The van der Waals surface area contributed by atoms with Crippen molar-refractivity contribution >= 4 is 22.8 Å². The predicted molar refractivity (Wildman–Crippen MR) is 106 cm³/mol. The Morgan fingerprint density at radius 3 is 2.81 bits per heavy atom. The average Bonchev–Trinajstić information content (AvgIpc) is 3.28. The first-order valence-corrected chi connectivity index (χ1v) is 9.98. The van der Waals surface area contributed by atoms with E-state index in [1.54, 1.807) is 0 Å². The number of likely N-dealkylation sites (tertiary alicyclic amines) is 1. The first kappa shape index (κ1) is 19.5. The van der Waals surface area contributed by atoms with Gasteiger partial charge in [0.25, 0.3) is 0 Å². The van der Waals surface area contributed by atoms with Gasteiger partial charge in [0.1, 0.15) is 0 Å². The molecule has 2 heterocycles. The van der Waals surface area contributed by atoms with E-state index >= 15 is 0 Å². The summed E-state index contributed by atoms with van der Waals surface area (Å²) in [7, 11) is 0. The maximum Gasteiger partial charge on any atom is 0.314 e. The molecule has 2 aromatic rings. The van der Waals surface area contributed by atoms with Crippen LogP contribution in [0, 0.1) is 11.3 Å². The van der Waals surface area contributed by atoms with Crippen LogP contribution in [0.25, 0.3) is 10.9 Å². The third-order valence-electron chi connectivity index (χ3n) is 5.95. The van der Waals surface area contributed by atoms with Gasteiger partial charge in [0, 0.05) is 36.6 Å². The van der Waals surface area contributed by atoms with E-state index in [-0.39, 0.29) is 17.8 Å². The van der Waals surface area contributed by atoms with Crippen LogP contribution in [0.2, 0.25) is 0 Å². The van der Waals surface area contributed by atoms with E-state index in [1.165, 1.54) is 10.9 Å². The fourth-order valence-electron chi connectivity index (χ4n) is 4.12. The lowest BCUT2D eigenvalue weighted by atomic mass is 9.76. The van der Waals surface area contributed by atoms with Gasteiger partial charge in [-0.2, -0.15) is 0 Å². The SMILES string of the molecule is CCOC(=O)C1(C(C)C)CCN(C(=O)CCCc2c[nH]c3ccccc23)C1. The van der Waals surface area contributed by atoms with Gasteiger partial charge in [-0.05, 0) is 43.7 Å². The molecule has 1 amide bonds. The lowest BCUT2D eigenvalue weighted by molar-refractivity contribution is -0.157. The fraction of sp³-hybridized carbons (Fsp3) is 0.545. The molecular formula is C22H30N2O3. The number of benzene rings is 1. The van der Waals surface area contributed by atoms with Crippen LogP contribution in [0.4, 0.5) is 0 Å². The molecule has 0 radical (unpaired) electrons. The van der Waals surface area contributed by atoms with E-state index in [0.717, 1.165) is 18.4 Å². The van der Waals surface area contributed by atoms with Crippen LogP contribution >= 0.6 is 0 Å². The molecule has 1 saturated heterocycles. The summed E-state index contributed by atoms with van der Waals surface area (Å²) >= 11 is 0. The Kier molecular flexibility index (Phi) is 5.88. The molecular weight excluding hydrogens is 340 g/mol. The van der Waals surface area contributed by atoms with Gasteiger partial charge in [-0.3, -0.25) is 9.59 Å². The average molecular weight is 370 g/mol. The molecule has 5 heteroatoms. The number of rotatable bonds is 7. The van der Waals surface area contributed by atoms with Crippen molar-refractivity contribution in [2.45, 2.75) is 46.5 Å². The molecule has 1 aromatic heterocycles. The summed E-state index contributed by atoms with van der Waals surface area (Å²) in [6.45, 7) is 7.42. The molecule has 1 aromatic carbocycles. The molecule has 3 rings (SSSR count). The van der Waals surface area contributed by atoms with Crippen molar-refractivity contribution in [2.24, 2.45) is 11.3 Å². The number of carbonyl (C=O) groups excluding carboxylic acids is 2. The number of hydrogen-bond donors (Lipinski definition) is 1. The van der Waals surface area contributed by atoms with E-state index in [0.29, 0.717) is 32.5 Å². The Bertz CT molecular complexity index is 811. The van der Waals surface area contributed by atoms with Crippen LogP contribution in [-0.4, -0.2) is 41.5 Å². The zero-order valence-corrected chi connectivity index (χ0v) is 16.6. The van der Waals surface area contributed by atoms with Crippen LogP contribution in [0.1, 0.15) is 45.6 Å². The Morgan fingerprint density at radius 1 is 1.30 bits per heavy atom. The summed E-state index contributed by atoms with van der Waals surface area (Å²) in [4.78, 5) is 30.3. The molecule has 1 fully saturated rings. The van der Waals surface area contributed by atoms with Crippen LogP contribution < -0.4 is 0 Å². The second-order valence-corrected chi connectivity index (χ2v) is 7.81. The number of amides is 1. The zero-order chi connectivity index (χ0) is 19.4. The van der Waals surface area contributed by atoms with Crippen LogP contribution in [0.3, 0.4) is 0 Å². The van der Waals surface area contributed by atoms with Crippen molar-refractivity contribution in [3.8, 4) is 0 Å².